The summed E-state index contributed by atoms with van der Waals surface area (Å²) in [7, 11) is 0. The van der Waals surface area contributed by atoms with Gasteiger partial charge in [0.05, 0.1) is 0 Å². The molecule has 1 aromatic rings. The van der Waals surface area contributed by atoms with Crippen molar-refractivity contribution in [3.63, 3.8) is 0 Å². The maximum atomic E-state index is 6.05. The van der Waals surface area contributed by atoms with E-state index >= 15 is 0 Å². The van der Waals surface area contributed by atoms with Crippen LogP contribution in [-0.4, -0.2) is 0 Å². The molecule has 0 bridgehead atoms. The van der Waals surface area contributed by atoms with Crippen LogP contribution >= 0.6 is 0 Å². The van der Waals surface area contributed by atoms with E-state index in [9.17, 15) is 0 Å². The summed E-state index contributed by atoms with van der Waals surface area (Å²) in [5.41, 5.74) is 2.61. The maximum absolute atomic E-state index is 6.05. The third-order valence-electron chi connectivity index (χ3n) is 3.26. The average Bonchev–Trinajstić information content (AvgIpc) is 2.36. The Morgan fingerprint density at radius 3 is 2.24 bits per heavy atom. The van der Waals surface area contributed by atoms with Crippen LogP contribution in [-0.2, 0) is 0 Å². The Hall–Kier alpha value is -1.24. The van der Waals surface area contributed by atoms with E-state index in [0.29, 0.717) is 5.92 Å². The van der Waals surface area contributed by atoms with E-state index in [0.717, 1.165) is 24.4 Å². The molecule has 94 valence electrons. The van der Waals surface area contributed by atoms with E-state index < -0.39 is 0 Å². The van der Waals surface area contributed by atoms with Crippen molar-refractivity contribution in [3.05, 3.63) is 41.2 Å². The van der Waals surface area contributed by atoms with Crippen LogP contribution in [0.2, 0.25) is 0 Å². The first-order valence-corrected chi connectivity index (χ1v) is 6.52. The van der Waals surface area contributed by atoms with Crippen LogP contribution in [0.1, 0.15) is 46.1 Å². The molecule has 0 aliphatic heterocycles. The van der Waals surface area contributed by atoms with Gasteiger partial charge >= 0.3 is 0 Å². The molecule has 0 spiro atoms. The molecule has 1 nitrogen and oxygen atoms in total. The predicted molar refractivity (Wildman–Crippen MR) is 74.3 cm³/mol. The van der Waals surface area contributed by atoms with Gasteiger partial charge in [-0.15, -0.1) is 0 Å². The van der Waals surface area contributed by atoms with Gasteiger partial charge in [-0.25, -0.2) is 0 Å². The maximum Gasteiger partial charge on any atom is 0.126 e. The SMILES string of the molecule is CCC(C)=C(Oc1ccc(C)cc1)C(C)CC. The molecule has 1 aromatic carbocycles. The van der Waals surface area contributed by atoms with Gasteiger partial charge in [-0.2, -0.15) is 0 Å². The van der Waals surface area contributed by atoms with Crippen molar-refractivity contribution in [2.75, 3.05) is 0 Å². The third-order valence-corrected chi connectivity index (χ3v) is 3.26. The summed E-state index contributed by atoms with van der Waals surface area (Å²) in [5.74, 6) is 2.56. The van der Waals surface area contributed by atoms with Crippen molar-refractivity contribution < 1.29 is 4.74 Å². The largest absolute Gasteiger partial charge is 0.462 e. The van der Waals surface area contributed by atoms with Gasteiger partial charge in [0, 0.05) is 5.92 Å². The highest BCUT2D eigenvalue weighted by molar-refractivity contribution is 5.28. The summed E-state index contributed by atoms with van der Waals surface area (Å²) in [4.78, 5) is 0. The number of aryl methyl sites for hydroxylation is 1. The molecular formula is C16H24O. The van der Waals surface area contributed by atoms with Gasteiger partial charge in [-0.05, 0) is 44.4 Å². The van der Waals surface area contributed by atoms with E-state index in [1.165, 1.54) is 11.1 Å². The van der Waals surface area contributed by atoms with Crippen LogP contribution in [0.3, 0.4) is 0 Å². The van der Waals surface area contributed by atoms with E-state index in [-0.39, 0.29) is 0 Å². The first-order chi connectivity index (χ1) is 8.08. The fourth-order valence-corrected chi connectivity index (χ4v) is 1.70. The molecular weight excluding hydrogens is 208 g/mol. The summed E-state index contributed by atoms with van der Waals surface area (Å²) in [6.07, 6.45) is 2.16. The second-order valence-electron chi connectivity index (χ2n) is 4.72. The molecule has 0 N–H and O–H groups in total. The molecule has 0 saturated carbocycles. The molecule has 0 aromatic heterocycles. The highest BCUT2D eigenvalue weighted by atomic mass is 16.5. The van der Waals surface area contributed by atoms with Gasteiger partial charge in [0.15, 0.2) is 0 Å². The molecule has 17 heavy (non-hydrogen) atoms. The summed E-state index contributed by atoms with van der Waals surface area (Å²) >= 11 is 0. The van der Waals surface area contributed by atoms with Gasteiger partial charge < -0.3 is 4.74 Å². The third kappa shape index (κ3) is 3.92. The van der Waals surface area contributed by atoms with E-state index in [1.807, 2.05) is 12.1 Å². The topological polar surface area (TPSA) is 9.23 Å². The second-order valence-corrected chi connectivity index (χ2v) is 4.72. The first kappa shape index (κ1) is 13.8. The number of hydrogen-bond donors (Lipinski definition) is 0. The number of ether oxygens (including phenoxy) is 1. The minimum atomic E-state index is 0.483. The fourth-order valence-electron chi connectivity index (χ4n) is 1.70. The lowest BCUT2D eigenvalue weighted by atomic mass is 10.0. The van der Waals surface area contributed by atoms with Crippen LogP contribution in [0.15, 0.2) is 35.6 Å². The summed E-state index contributed by atoms with van der Waals surface area (Å²) in [6, 6.07) is 8.26. The monoisotopic (exact) mass is 232 g/mol. The average molecular weight is 232 g/mol. The zero-order chi connectivity index (χ0) is 12.8. The lowest BCUT2D eigenvalue weighted by Gasteiger charge is -2.18. The normalized spacial score (nSPS) is 14.2. The zero-order valence-electron chi connectivity index (χ0n) is 11.7. The highest BCUT2D eigenvalue weighted by Crippen LogP contribution is 2.25. The quantitative estimate of drug-likeness (QED) is 0.641. The lowest BCUT2D eigenvalue weighted by Crippen LogP contribution is -2.08. The van der Waals surface area contributed by atoms with Crippen molar-refractivity contribution in [3.8, 4) is 5.75 Å². The molecule has 0 fully saturated rings. The Kier molecular flexibility index (Phi) is 5.27. The molecule has 1 unspecified atom stereocenters. The minimum absolute atomic E-state index is 0.483. The minimum Gasteiger partial charge on any atom is -0.462 e. The number of hydrogen-bond acceptors (Lipinski definition) is 1. The van der Waals surface area contributed by atoms with Crippen LogP contribution in [0.4, 0.5) is 0 Å². The smallest absolute Gasteiger partial charge is 0.126 e. The van der Waals surface area contributed by atoms with Gasteiger partial charge in [-0.3, -0.25) is 0 Å². The fraction of sp³-hybridized carbons (Fsp3) is 0.500. The summed E-state index contributed by atoms with van der Waals surface area (Å²) < 4.78 is 6.05. The molecule has 0 aliphatic rings. The number of rotatable bonds is 5. The molecule has 1 atom stereocenters. The van der Waals surface area contributed by atoms with Gasteiger partial charge in [-0.1, -0.05) is 38.5 Å². The van der Waals surface area contributed by atoms with E-state index in [4.69, 9.17) is 4.74 Å². The lowest BCUT2D eigenvalue weighted by molar-refractivity contribution is 0.344. The zero-order valence-corrected chi connectivity index (χ0v) is 11.7. The van der Waals surface area contributed by atoms with Crippen LogP contribution < -0.4 is 4.74 Å². The van der Waals surface area contributed by atoms with Crippen molar-refractivity contribution in [1.29, 1.82) is 0 Å². The van der Waals surface area contributed by atoms with Crippen molar-refractivity contribution >= 4 is 0 Å². The van der Waals surface area contributed by atoms with E-state index in [1.54, 1.807) is 0 Å². The standard InChI is InChI=1S/C16H24O/c1-6-13(4)16(14(5)7-2)17-15-10-8-12(3)9-11-15/h8-11,13H,6-7H2,1-5H3. The predicted octanol–water partition coefficient (Wildman–Crippen LogP) is 5.10. The Labute approximate surface area is 106 Å². The summed E-state index contributed by atoms with van der Waals surface area (Å²) in [6.45, 7) is 10.9. The first-order valence-electron chi connectivity index (χ1n) is 6.52. The molecule has 0 saturated heterocycles. The van der Waals surface area contributed by atoms with E-state index in [2.05, 4.69) is 46.8 Å². The number of allylic oxidation sites excluding steroid dienone is 2. The van der Waals surface area contributed by atoms with Crippen molar-refractivity contribution in [2.45, 2.75) is 47.5 Å². The Balaban J connectivity index is 2.91. The van der Waals surface area contributed by atoms with Crippen LogP contribution in [0.5, 0.6) is 5.75 Å². The van der Waals surface area contributed by atoms with Gasteiger partial charge in [0.25, 0.3) is 0 Å². The Bertz CT molecular complexity index is 373. The Morgan fingerprint density at radius 2 is 1.76 bits per heavy atom. The van der Waals surface area contributed by atoms with Gasteiger partial charge in [0.1, 0.15) is 11.5 Å². The number of benzene rings is 1. The summed E-state index contributed by atoms with van der Waals surface area (Å²) in [5, 5.41) is 0. The highest BCUT2D eigenvalue weighted by Gasteiger charge is 2.12. The molecule has 1 heteroatoms. The van der Waals surface area contributed by atoms with Crippen molar-refractivity contribution in [1.82, 2.24) is 0 Å². The van der Waals surface area contributed by atoms with Crippen LogP contribution in [0, 0.1) is 12.8 Å². The van der Waals surface area contributed by atoms with Crippen molar-refractivity contribution in [2.24, 2.45) is 5.92 Å². The van der Waals surface area contributed by atoms with Crippen LogP contribution in [0.25, 0.3) is 0 Å². The second kappa shape index (κ2) is 6.48. The molecule has 0 aliphatic carbocycles. The molecule has 0 amide bonds. The van der Waals surface area contributed by atoms with Gasteiger partial charge in [0.2, 0.25) is 0 Å². The molecule has 0 radical (unpaired) electrons. The molecule has 1 rings (SSSR count). The molecule has 0 heterocycles. The Morgan fingerprint density at radius 1 is 1.18 bits per heavy atom.